The van der Waals surface area contributed by atoms with Crippen LogP contribution in [0.1, 0.15) is 30.9 Å². The van der Waals surface area contributed by atoms with Crippen molar-refractivity contribution in [1.29, 1.82) is 0 Å². The molecule has 0 radical (unpaired) electrons. The molecule has 0 aliphatic carbocycles. The van der Waals surface area contributed by atoms with Gasteiger partial charge >= 0.3 is 0 Å². The molecule has 0 saturated carbocycles. The van der Waals surface area contributed by atoms with Gasteiger partial charge in [-0.15, -0.1) is 0 Å². The van der Waals surface area contributed by atoms with Gasteiger partial charge in [0.25, 0.3) is 0 Å². The summed E-state index contributed by atoms with van der Waals surface area (Å²) in [4.78, 5) is 8.96. The Hall–Kier alpha value is -4.24. The number of aromatic nitrogens is 4. The summed E-state index contributed by atoms with van der Waals surface area (Å²) >= 11 is 1.54. The van der Waals surface area contributed by atoms with E-state index in [0.717, 1.165) is 39.4 Å². The number of phenols is 2. The molecule has 7 nitrogen and oxygen atoms in total. The predicted molar refractivity (Wildman–Crippen MR) is 150 cm³/mol. The van der Waals surface area contributed by atoms with E-state index in [1.165, 1.54) is 30.0 Å². The first-order valence-corrected chi connectivity index (χ1v) is 13.5. The zero-order chi connectivity index (χ0) is 27.6. The van der Waals surface area contributed by atoms with Gasteiger partial charge in [0.2, 0.25) is 0 Å². The first-order valence-electron chi connectivity index (χ1n) is 12.5. The van der Waals surface area contributed by atoms with E-state index in [9.17, 15) is 14.6 Å². The third kappa shape index (κ3) is 5.49. The quantitative estimate of drug-likeness (QED) is 0.127. The molecule has 0 bridgehead atoms. The molecule has 2 heterocycles. The van der Waals surface area contributed by atoms with Crippen LogP contribution in [0.2, 0.25) is 0 Å². The van der Waals surface area contributed by atoms with Crippen molar-refractivity contribution in [3.63, 3.8) is 0 Å². The van der Waals surface area contributed by atoms with Crippen LogP contribution in [0.4, 0.5) is 4.39 Å². The molecule has 0 atom stereocenters. The molecule has 0 aliphatic rings. The van der Waals surface area contributed by atoms with E-state index in [2.05, 4.69) is 4.98 Å². The maximum atomic E-state index is 13.7. The summed E-state index contributed by atoms with van der Waals surface area (Å²) in [7, 11) is 0. The van der Waals surface area contributed by atoms with E-state index < -0.39 is 5.41 Å². The Balaban J connectivity index is 1.34. The molecule has 0 aliphatic heterocycles. The lowest BCUT2D eigenvalue weighted by Gasteiger charge is -2.27. The highest BCUT2D eigenvalue weighted by atomic mass is 32.2. The first kappa shape index (κ1) is 26.4. The Morgan fingerprint density at radius 1 is 0.923 bits per heavy atom. The number of rotatable bonds is 9. The maximum Gasteiger partial charge on any atom is 0.172 e. The Morgan fingerprint density at radius 2 is 1.64 bits per heavy atom. The molecule has 200 valence electrons. The van der Waals surface area contributed by atoms with Crippen LogP contribution in [0, 0.1) is 12.7 Å². The first-order chi connectivity index (χ1) is 18.7. The number of imidazole rings is 2. The Kier molecular flexibility index (Phi) is 7.34. The number of thioether (sulfide) groups is 1. The van der Waals surface area contributed by atoms with Gasteiger partial charge in [0.1, 0.15) is 17.4 Å². The van der Waals surface area contributed by atoms with Crippen LogP contribution >= 0.6 is 11.8 Å². The zero-order valence-corrected chi connectivity index (χ0v) is 22.7. The van der Waals surface area contributed by atoms with Gasteiger partial charge < -0.3 is 19.5 Å². The van der Waals surface area contributed by atoms with E-state index in [4.69, 9.17) is 9.72 Å². The minimum Gasteiger partial charge on any atom is -0.504 e. The van der Waals surface area contributed by atoms with Crippen LogP contribution in [0.3, 0.4) is 0 Å². The molecule has 39 heavy (non-hydrogen) atoms. The van der Waals surface area contributed by atoms with E-state index in [0.29, 0.717) is 12.4 Å². The van der Waals surface area contributed by atoms with Gasteiger partial charge in [-0.3, -0.25) is 4.57 Å². The standard InChI is InChI=1S/C30H29FN4O3S/c1-20-32-14-15-34(20)23-9-11-25(12-10-23)38-16-17-39-29-33-19-28(35(29)24-7-5-22(31)6-8-24)30(2,3)21-4-13-26(36)27(37)18-21/h4-15,18-19,36-37H,16-17H2,1-3H3. The highest BCUT2D eigenvalue weighted by molar-refractivity contribution is 7.99. The third-order valence-electron chi connectivity index (χ3n) is 6.68. The van der Waals surface area contributed by atoms with Crippen molar-refractivity contribution in [2.24, 2.45) is 0 Å². The van der Waals surface area contributed by atoms with Crippen molar-refractivity contribution in [2.75, 3.05) is 12.4 Å². The van der Waals surface area contributed by atoms with Gasteiger partial charge in [-0.2, -0.15) is 0 Å². The van der Waals surface area contributed by atoms with Gasteiger partial charge in [-0.25, -0.2) is 14.4 Å². The number of ether oxygens (including phenoxy) is 1. The predicted octanol–water partition coefficient (Wildman–Crippen LogP) is 6.41. The number of benzene rings is 3. The molecule has 2 aromatic heterocycles. The van der Waals surface area contributed by atoms with E-state index in [-0.39, 0.29) is 17.3 Å². The second-order valence-electron chi connectivity index (χ2n) is 9.60. The summed E-state index contributed by atoms with van der Waals surface area (Å²) in [6, 6.07) is 18.9. The fourth-order valence-electron chi connectivity index (χ4n) is 4.42. The highest BCUT2D eigenvalue weighted by Crippen LogP contribution is 2.38. The maximum absolute atomic E-state index is 13.7. The van der Waals surface area contributed by atoms with Crippen LogP contribution in [-0.2, 0) is 5.41 Å². The molecular formula is C30H29FN4O3S. The fourth-order valence-corrected chi connectivity index (χ4v) is 5.23. The molecule has 0 unspecified atom stereocenters. The van der Waals surface area contributed by atoms with Gasteiger partial charge in [0.05, 0.1) is 18.5 Å². The number of nitrogens with zero attached hydrogens (tertiary/aromatic N) is 4. The lowest BCUT2D eigenvalue weighted by atomic mass is 9.81. The molecule has 0 spiro atoms. The van der Waals surface area contributed by atoms with E-state index in [1.807, 2.05) is 60.4 Å². The topological polar surface area (TPSA) is 85.3 Å². The normalized spacial score (nSPS) is 11.6. The van der Waals surface area contributed by atoms with Crippen molar-refractivity contribution >= 4 is 11.8 Å². The number of hydrogen-bond donors (Lipinski definition) is 2. The van der Waals surface area contributed by atoms with Gasteiger partial charge in [0, 0.05) is 34.9 Å². The van der Waals surface area contributed by atoms with Crippen molar-refractivity contribution in [1.82, 2.24) is 19.1 Å². The van der Waals surface area contributed by atoms with Gasteiger partial charge in [-0.05, 0) is 73.2 Å². The van der Waals surface area contributed by atoms with Crippen molar-refractivity contribution in [2.45, 2.75) is 31.3 Å². The van der Waals surface area contributed by atoms with Crippen LogP contribution in [0.15, 0.2) is 90.5 Å². The smallest absolute Gasteiger partial charge is 0.172 e. The zero-order valence-electron chi connectivity index (χ0n) is 21.9. The molecule has 5 rings (SSSR count). The second-order valence-corrected chi connectivity index (χ2v) is 10.7. The molecule has 0 saturated heterocycles. The minimum atomic E-state index is -0.586. The second kappa shape index (κ2) is 10.9. The summed E-state index contributed by atoms with van der Waals surface area (Å²) in [5.74, 6) is 1.65. The van der Waals surface area contributed by atoms with E-state index >= 15 is 0 Å². The minimum absolute atomic E-state index is 0.177. The average Bonchev–Trinajstić information content (AvgIpc) is 3.55. The molecule has 9 heteroatoms. The largest absolute Gasteiger partial charge is 0.504 e. The molecular weight excluding hydrogens is 515 g/mol. The van der Waals surface area contributed by atoms with E-state index in [1.54, 1.807) is 36.7 Å². The van der Waals surface area contributed by atoms with Crippen molar-refractivity contribution in [3.05, 3.63) is 108 Å². The monoisotopic (exact) mass is 544 g/mol. The summed E-state index contributed by atoms with van der Waals surface area (Å²) in [5.41, 5.74) is 2.86. The van der Waals surface area contributed by atoms with Crippen molar-refractivity contribution in [3.8, 4) is 28.6 Å². The van der Waals surface area contributed by atoms with Crippen LogP contribution < -0.4 is 4.74 Å². The Morgan fingerprint density at radius 3 is 2.31 bits per heavy atom. The fraction of sp³-hybridized carbons (Fsp3) is 0.200. The summed E-state index contributed by atoms with van der Waals surface area (Å²) in [6.45, 7) is 6.46. The number of halogens is 1. The molecule has 0 fully saturated rings. The summed E-state index contributed by atoms with van der Waals surface area (Å²) in [6.07, 6.45) is 5.49. The molecule has 2 N–H and O–H groups in total. The Labute approximate surface area is 230 Å². The summed E-state index contributed by atoms with van der Waals surface area (Å²) in [5, 5.41) is 20.6. The van der Waals surface area contributed by atoms with Crippen LogP contribution in [0.5, 0.6) is 17.2 Å². The number of aromatic hydroxyl groups is 2. The number of hydrogen-bond acceptors (Lipinski definition) is 6. The van der Waals surface area contributed by atoms with Crippen LogP contribution in [0.25, 0.3) is 11.4 Å². The van der Waals surface area contributed by atoms with Gasteiger partial charge in [0.15, 0.2) is 16.7 Å². The Bertz CT molecular complexity index is 1580. The molecule has 5 aromatic rings. The molecule has 0 amide bonds. The van der Waals surface area contributed by atoms with Crippen LogP contribution in [-0.4, -0.2) is 41.7 Å². The number of aryl methyl sites for hydroxylation is 1. The van der Waals surface area contributed by atoms with Crippen molar-refractivity contribution < 1.29 is 19.3 Å². The molecule has 3 aromatic carbocycles. The lowest BCUT2D eigenvalue weighted by Crippen LogP contribution is -2.23. The SMILES string of the molecule is Cc1nccn1-c1ccc(OCCSc2ncc(C(C)(C)c3ccc(O)c(O)c3)n2-c2ccc(F)cc2)cc1. The van der Waals surface area contributed by atoms with Gasteiger partial charge in [-0.1, -0.05) is 31.7 Å². The summed E-state index contributed by atoms with van der Waals surface area (Å²) < 4.78 is 23.7. The number of phenolic OH excluding ortho intramolecular Hbond substituents is 2. The highest BCUT2D eigenvalue weighted by Gasteiger charge is 2.30. The average molecular weight is 545 g/mol. The third-order valence-corrected chi connectivity index (χ3v) is 7.59. The lowest BCUT2D eigenvalue weighted by molar-refractivity contribution is 0.344.